The van der Waals surface area contributed by atoms with Crippen LogP contribution in [0.1, 0.15) is 33.6 Å². The minimum Gasteiger partial charge on any atom is -0.497 e. The first-order chi connectivity index (χ1) is 6.70. The molecule has 0 amide bonds. The van der Waals surface area contributed by atoms with Crippen molar-refractivity contribution in [3.63, 3.8) is 0 Å². The lowest BCUT2D eigenvalue weighted by molar-refractivity contribution is 0.121. The Morgan fingerprint density at radius 3 is 2.79 bits per heavy atom. The molecule has 0 aromatic rings. The molecule has 2 unspecified atom stereocenters. The fraction of sp³-hybridized carbons (Fsp3) is 0.833. The van der Waals surface area contributed by atoms with Crippen molar-refractivity contribution in [1.29, 1.82) is 0 Å². The van der Waals surface area contributed by atoms with E-state index in [1.165, 1.54) is 0 Å². The van der Waals surface area contributed by atoms with Gasteiger partial charge in [-0.25, -0.2) is 0 Å². The molecular formula is C12H23NO. The van der Waals surface area contributed by atoms with Crippen LogP contribution in [0.5, 0.6) is 0 Å². The van der Waals surface area contributed by atoms with Gasteiger partial charge in [0.2, 0.25) is 0 Å². The van der Waals surface area contributed by atoms with Crippen LogP contribution in [-0.4, -0.2) is 19.2 Å². The van der Waals surface area contributed by atoms with E-state index >= 15 is 0 Å². The van der Waals surface area contributed by atoms with Gasteiger partial charge < -0.3 is 10.1 Å². The molecule has 1 rings (SSSR count). The number of allylic oxidation sites excluding steroid dienone is 1. The standard InChI is InChI=1S/C12H23NO/c1-10(2)11(3)8-13-9-12-6-4-5-7-14-12/h5,7,10-13H,4,6,8-9H2,1-3H3. The molecule has 0 bridgehead atoms. The molecule has 0 aromatic heterocycles. The molecule has 2 atom stereocenters. The van der Waals surface area contributed by atoms with E-state index in [4.69, 9.17) is 4.74 Å². The summed E-state index contributed by atoms with van der Waals surface area (Å²) in [7, 11) is 0. The number of nitrogens with one attached hydrogen (secondary N) is 1. The van der Waals surface area contributed by atoms with Crippen molar-refractivity contribution in [3.05, 3.63) is 12.3 Å². The Labute approximate surface area is 87.7 Å². The molecule has 0 aliphatic carbocycles. The van der Waals surface area contributed by atoms with E-state index in [0.717, 1.165) is 37.8 Å². The maximum Gasteiger partial charge on any atom is 0.110 e. The minimum absolute atomic E-state index is 0.388. The van der Waals surface area contributed by atoms with Crippen molar-refractivity contribution < 1.29 is 4.74 Å². The van der Waals surface area contributed by atoms with Gasteiger partial charge in [-0.1, -0.05) is 20.8 Å². The van der Waals surface area contributed by atoms with Gasteiger partial charge in [-0.3, -0.25) is 0 Å². The second-order valence-corrected chi connectivity index (χ2v) is 4.59. The molecule has 1 heterocycles. The largest absolute Gasteiger partial charge is 0.497 e. The lowest BCUT2D eigenvalue weighted by Gasteiger charge is -2.22. The van der Waals surface area contributed by atoms with Crippen LogP contribution in [-0.2, 0) is 4.74 Å². The fourth-order valence-corrected chi connectivity index (χ4v) is 1.44. The van der Waals surface area contributed by atoms with Gasteiger partial charge >= 0.3 is 0 Å². The van der Waals surface area contributed by atoms with Gasteiger partial charge in [-0.2, -0.15) is 0 Å². The Hall–Kier alpha value is -0.500. The van der Waals surface area contributed by atoms with E-state index in [0.29, 0.717) is 6.10 Å². The van der Waals surface area contributed by atoms with E-state index in [-0.39, 0.29) is 0 Å². The van der Waals surface area contributed by atoms with Gasteiger partial charge in [-0.15, -0.1) is 0 Å². The van der Waals surface area contributed by atoms with Gasteiger partial charge in [0, 0.05) is 6.54 Å². The summed E-state index contributed by atoms with van der Waals surface area (Å²) in [6.45, 7) is 8.92. The molecule has 1 aliphatic heterocycles. The molecule has 0 saturated heterocycles. The van der Waals surface area contributed by atoms with Gasteiger partial charge in [0.05, 0.1) is 6.26 Å². The molecule has 0 spiro atoms. The molecule has 1 N–H and O–H groups in total. The topological polar surface area (TPSA) is 21.3 Å². The summed E-state index contributed by atoms with van der Waals surface area (Å²) in [6.07, 6.45) is 6.63. The summed E-state index contributed by atoms with van der Waals surface area (Å²) in [5.41, 5.74) is 0. The van der Waals surface area contributed by atoms with Crippen molar-refractivity contribution >= 4 is 0 Å². The van der Waals surface area contributed by atoms with Crippen LogP contribution in [0.4, 0.5) is 0 Å². The number of ether oxygens (including phenoxy) is 1. The van der Waals surface area contributed by atoms with Crippen molar-refractivity contribution in [3.8, 4) is 0 Å². The van der Waals surface area contributed by atoms with Crippen LogP contribution in [0.25, 0.3) is 0 Å². The highest BCUT2D eigenvalue weighted by atomic mass is 16.5. The molecule has 1 aliphatic rings. The molecule has 0 saturated carbocycles. The Morgan fingerprint density at radius 1 is 1.43 bits per heavy atom. The van der Waals surface area contributed by atoms with Crippen LogP contribution < -0.4 is 5.32 Å². The van der Waals surface area contributed by atoms with Crippen LogP contribution >= 0.6 is 0 Å². The summed E-state index contributed by atoms with van der Waals surface area (Å²) in [5, 5.41) is 3.48. The van der Waals surface area contributed by atoms with Gasteiger partial charge in [0.25, 0.3) is 0 Å². The highest BCUT2D eigenvalue weighted by molar-refractivity contribution is 4.83. The summed E-state index contributed by atoms with van der Waals surface area (Å²) in [4.78, 5) is 0. The van der Waals surface area contributed by atoms with Gasteiger partial charge in [0.1, 0.15) is 6.10 Å². The maximum absolute atomic E-state index is 5.48. The lowest BCUT2D eigenvalue weighted by Crippen LogP contribution is -2.33. The first-order valence-corrected chi connectivity index (χ1v) is 5.71. The Morgan fingerprint density at radius 2 is 2.21 bits per heavy atom. The average molecular weight is 197 g/mol. The summed E-state index contributed by atoms with van der Waals surface area (Å²) in [6, 6.07) is 0. The van der Waals surface area contributed by atoms with E-state index < -0.39 is 0 Å². The monoisotopic (exact) mass is 197 g/mol. The highest BCUT2D eigenvalue weighted by Gasteiger charge is 2.11. The minimum atomic E-state index is 0.388. The predicted molar refractivity (Wildman–Crippen MR) is 60.1 cm³/mol. The SMILES string of the molecule is CC(C)C(C)CNCC1CCC=CO1. The van der Waals surface area contributed by atoms with Crippen LogP contribution in [0.15, 0.2) is 12.3 Å². The predicted octanol–water partition coefficient (Wildman–Crippen LogP) is 2.56. The summed E-state index contributed by atoms with van der Waals surface area (Å²) >= 11 is 0. The van der Waals surface area contributed by atoms with E-state index in [1.54, 1.807) is 0 Å². The fourth-order valence-electron chi connectivity index (χ4n) is 1.44. The Bertz CT molecular complexity index is 177. The first-order valence-electron chi connectivity index (χ1n) is 5.71. The molecule has 2 nitrogen and oxygen atoms in total. The third-order valence-electron chi connectivity index (χ3n) is 3.00. The smallest absolute Gasteiger partial charge is 0.110 e. The van der Waals surface area contributed by atoms with Crippen molar-refractivity contribution in [2.24, 2.45) is 11.8 Å². The Balaban J connectivity index is 2.06. The lowest BCUT2D eigenvalue weighted by atomic mass is 9.98. The quantitative estimate of drug-likeness (QED) is 0.731. The summed E-state index contributed by atoms with van der Waals surface area (Å²) in [5.74, 6) is 1.50. The maximum atomic E-state index is 5.48. The zero-order chi connectivity index (χ0) is 10.4. The van der Waals surface area contributed by atoms with E-state index in [2.05, 4.69) is 32.2 Å². The number of rotatable bonds is 5. The zero-order valence-corrected chi connectivity index (χ0v) is 9.62. The molecule has 14 heavy (non-hydrogen) atoms. The molecule has 0 radical (unpaired) electrons. The molecule has 2 heteroatoms. The molecule has 82 valence electrons. The Kier molecular flexibility index (Phi) is 5.02. The van der Waals surface area contributed by atoms with Crippen LogP contribution in [0.2, 0.25) is 0 Å². The van der Waals surface area contributed by atoms with E-state index in [1.807, 2.05) is 6.26 Å². The number of hydrogen-bond donors (Lipinski definition) is 1. The third-order valence-corrected chi connectivity index (χ3v) is 3.00. The highest BCUT2D eigenvalue weighted by Crippen LogP contribution is 2.10. The van der Waals surface area contributed by atoms with Gasteiger partial charge in [0.15, 0.2) is 0 Å². The van der Waals surface area contributed by atoms with Crippen molar-refractivity contribution in [2.45, 2.75) is 39.7 Å². The van der Waals surface area contributed by atoms with Gasteiger partial charge in [-0.05, 0) is 37.3 Å². The average Bonchev–Trinajstić information content (AvgIpc) is 2.19. The van der Waals surface area contributed by atoms with Crippen LogP contribution in [0, 0.1) is 11.8 Å². The first kappa shape index (κ1) is 11.6. The van der Waals surface area contributed by atoms with E-state index in [9.17, 15) is 0 Å². The molecular weight excluding hydrogens is 174 g/mol. The zero-order valence-electron chi connectivity index (χ0n) is 9.62. The number of hydrogen-bond acceptors (Lipinski definition) is 2. The van der Waals surface area contributed by atoms with Crippen molar-refractivity contribution in [1.82, 2.24) is 5.32 Å². The summed E-state index contributed by atoms with van der Waals surface area (Å²) < 4.78 is 5.48. The molecule has 0 aromatic carbocycles. The second kappa shape index (κ2) is 6.07. The third kappa shape index (κ3) is 4.14. The van der Waals surface area contributed by atoms with Crippen molar-refractivity contribution in [2.75, 3.05) is 13.1 Å². The van der Waals surface area contributed by atoms with Crippen LogP contribution in [0.3, 0.4) is 0 Å². The second-order valence-electron chi connectivity index (χ2n) is 4.59. The normalized spacial score (nSPS) is 23.6. The molecule has 0 fully saturated rings.